The number of carbonyl (C=O) groups is 1. The Morgan fingerprint density at radius 2 is 2.00 bits per heavy atom. The summed E-state index contributed by atoms with van der Waals surface area (Å²) in [7, 11) is -2.32. The highest BCUT2D eigenvalue weighted by Gasteiger charge is 2.40. The van der Waals surface area contributed by atoms with Crippen molar-refractivity contribution < 1.29 is 27.5 Å². The number of ether oxygens (including phenoxy) is 1. The van der Waals surface area contributed by atoms with Gasteiger partial charge in [-0.25, -0.2) is 9.78 Å². The van der Waals surface area contributed by atoms with Gasteiger partial charge in [-0.3, -0.25) is 0 Å². The van der Waals surface area contributed by atoms with Crippen LogP contribution in [0.2, 0.25) is 19.6 Å². The van der Waals surface area contributed by atoms with Crippen LogP contribution in [0.4, 0.5) is 13.2 Å². The molecule has 21 heavy (non-hydrogen) atoms. The number of halogens is 4. The smallest absolute Gasteiger partial charge is 0.364 e. The number of alkyl halides is 3. The van der Waals surface area contributed by atoms with Gasteiger partial charge in [-0.15, -0.1) is 4.79 Å². The summed E-state index contributed by atoms with van der Waals surface area (Å²) in [5.41, 5.74) is 6.46. The average Bonchev–Trinajstić information content (AvgIpc) is 2.32. The summed E-state index contributed by atoms with van der Waals surface area (Å²) in [5, 5.41) is 0. The number of rotatable bonds is 2. The summed E-state index contributed by atoms with van der Waals surface area (Å²) >= 11 is 2.95. The largest absolute Gasteiger partial charge is 0.434 e. The first-order chi connectivity index (χ1) is 9.46. The molecule has 1 rings (SSSR count). The molecule has 0 aromatic carbocycles. The molecule has 0 N–H and O–H groups in total. The summed E-state index contributed by atoms with van der Waals surface area (Å²) in [6, 6.07) is 0.956. The lowest BCUT2D eigenvalue weighted by atomic mass is 10.2. The van der Waals surface area contributed by atoms with E-state index in [1.807, 2.05) is 0 Å². The molecule has 0 bridgehead atoms. The van der Waals surface area contributed by atoms with E-state index < -0.39 is 31.5 Å². The van der Waals surface area contributed by atoms with Crippen molar-refractivity contribution in [1.82, 2.24) is 4.98 Å². The average molecular weight is 382 g/mol. The second kappa shape index (κ2) is 6.08. The highest BCUT2D eigenvalue weighted by Crippen LogP contribution is 2.31. The Labute approximate surface area is 127 Å². The van der Waals surface area contributed by atoms with Gasteiger partial charge in [0, 0.05) is 10.7 Å². The maximum atomic E-state index is 12.8. The van der Waals surface area contributed by atoms with Gasteiger partial charge in [-0.1, -0.05) is 19.6 Å². The highest BCUT2D eigenvalue weighted by atomic mass is 79.9. The Kier molecular flexibility index (Phi) is 5.08. The lowest BCUT2D eigenvalue weighted by Gasteiger charge is -2.12. The third kappa shape index (κ3) is 4.48. The molecule has 0 atom stereocenters. The molecule has 1 heterocycles. The van der Waals surface area contributed by atoms with Gasteiger partial charge in [0.1, 0.15) is 0 Å². The van der Waals surface area contributed by atoms with Crippen molar-refractivity contribution in [2.24, 2.45) is 0 Å². The zero-order chi connectivity index (χ0) is 16.4. The van der Waals surface area contributed by atoms with Crippen molar-refractivity contribution >= 4 is 35.5 Å². The van der Waals surface area contributed by atoms with E-state index >= 15 is 0 Å². The SMILES string of the molecule is C[Si](C)(C)C(=[N+]=[N-])OC(=O)c1cc(Br)cnc1C(F)(F)F. The fourth-order valence-electron chi connectivity index (χ4n) is 1.29. The summed E-state index contributed by atoms with van der Waals surface area (Å²) in [5.74, 6) is -1.27. The minimum atomic E-state index is -4.80. The number of esters is 1. The van der Waals surface area contributed by atoms with Crippen LogP contribution in [-0.4, -0.2) is 29.3 Å². The Morgan fingerprint density at radius 1 is 1.43 bits per heavy atom. The molecule has 0 saturated heterocycles. The van der Waals surface area contributed by atoms with Gasteiger partial charge in [0.15, 0.2) is 5.69 Å². The van der Waals surface area contributed by atoms with Crippen LogP contribution in [0.3, 0.4) is 0 Å². The number of nitrogens with zero attached hydrogens (tertiary/aromatic N) is 3. The molecule has 0 radical (unpaired) electrons. The first kappa shape index (κ1) is 17.5. The third-order valence-corrected chi connectivity index (χ3v) is 4.18. The van der Waals surface area contributed by atoms with Gasteiger partial charge in [0.2, 0.25) is 8.07 Å². The van der Waals surface area contributed by atoms with E-state index in [9.17, 15) is 18.0 Å². The van der Waals surface area contributed by atoms with E-state index in [1.165, 1.54) is 0 Å². The number of aromatic nitrogens is 1. The fourth-order valence-corrected chi connectivity index (χ4v) is 2.32. The number of carbonyl (C=O) groups excluding carboxylic acids is 1. The van der Waals surface area contributed by atoms with Crippen molar-refractivity contribution in [2.45, 2.75) is 25.8 Å². The molecule has 10 heteroatoms. The minimum absolute atomic E-state index is 0.193. The molecule has 1 aromatic heterocycles. The molecule has 0 saturated carbocycles. The molecular weight excluding hydrogens is 371 g/mol. The van der Waals surface area contributed by atoms with E-state index in [0.717, 1.165) is 12.3 Å². The molecule has 0 amide bonds. The summed E-state index contributed by atoms with van der Waals surface area (Å²) in [4.78, 5) is 18.0. The normalized spacial score (nSPS) is 11.8. The lowest BCUT2D eigenvalue weighted by molar-refractivity contribution is -0.141. The van der Waals surface area contributed by atoms with Gasteiger partial charge in [-0.2, -0.15) is 13.2 Å². The minimum Gasteiger partial charge on any atom is -0.364 e. The molecule has 5 nitrogen and oxygen atoms in total. The Hall–Kier alpha value is -1.51. The second-order valence-electron chi connectivity index (χ2n) is 5.09. The Morgan fingerprint density at radius 3 is 2.43 bits per heavy atom. The third-order valence-electron chi connectivity index (χ3n) is 2.26. The molecule has 1 aromatic rings. The first-order valence-electron chi connectivity index (χ1n) is 5.64. The maximum Gasteiger partial charge on any atom is 0.434 e. The van der Waals surface area contributed by atoms with Gasteiger partial charge < -0.3 is 10.3 Å². The summed E-state index contributed by atoms with van der Waals surface area (Å²) in [6.45, 7) is 5.12. The molecule has 114 valence electrons. The van der Waals surface area contributed by atoms with Crippen LogP contribution < -0.4 is 0 Å². The van der Waals surface area contributed by atoms with E-state index in [4.69, 9.17) is 10.3 Å². The standard InChI is InChI=1S/C11H11BrF3N3O2Si/c1-21(2,3)10(18-16)20-9(19)7-4-6(12)5-17-8(7)11(13,14)15/h4-5H,1-3H3. The first-order valence-corrected chi connectivity index (χ1v) is 9.93. The number of pyridine rings is 1. The van der Waals surface area contributed by atoms with E-state index in [1.54, 1.807) is 19.6 Å². The summed E-state index contributed by atoms with van der Waals surface area (Å²) in [6.07, 6.45) is -3.87. The van der Waals surface area contributed by atoms with E-state index in [0.29, 0.717) is 0 Å². The molecule has 0 aliphatic carbocycles. The van der Waals surface area contributed by atoms with Crippen LogP contribution in [0.15, 0.2) is 16.7 Å². The van der Waals surface area contributed by atoms with Crippen LogP contribution in [0, 0.1) is 0 Å². The highest BCUT2D eigenvalue weighted by molar-refractivity contribution is 9.10. The van der Waals surface area contributed by atoms with Gasteiger partial charge >= 0.3 is 17.7 Å². The van der Waals surface area contributed by atoms with Gasteiger partial charge in [0.25, 0.3) is 0 Å². The van der Waals surface area contributed by atoms with Crippen molar-refractivity contribution in [3.63, 3.8) is 0 Å². The van der Waals surface area contributed by atoms with E-state index in [-0.39, 0.29) is 9.99 Å². The van der Waals surface area contributed by atoms with Crippen LogP contribution in [-0.2, 0) is 10.9 Å². The van der Waals surface area contributed by atoms with Crippen LogP contribution in [0.5, 0.6) is 0 Å². The molecule has 0 spiro atoms. The lowest BCUT2D eigenvalue weighted by Crippen LogP contribution is -2.38. The maximum absolute atomic E-state index is 12.8. The zero-order valence-electron chi connectivity index (χ0n) is 11.3. The molecule has 0 unspecified atom stereocenters. The van der Waals surface area contributed by atoms with Crippen molar-refractivity contribution in [3.8, 4) is 0 Å². The van der Waals surface area contributed by atoms with Crippen molar-refractivity contribution in [1.29, 1.82) is 0 Å². The second-order valence-corrected chi connectivity index (χ2v) is 10.9. The Balaban J connectivity index is 3.25. The predicted molar refractivity (Wildman–Crippen MR) is 74.3 cm³/mol. The molecule has 0 aliphatic rings. The Bertz CT molecular complexity index is 622. The number of hydrogen-bond donors (Lipinski definition) is 0. The monoisotopic (exact) mass is 381 g/mol. The predicted octanol–water partition coefficient (Wildman–Crippen LogP) is 3.53. The van der Waals surface area contributed by atoms with Gasteiger partial charge in [-0.05, 0) is 22.0 Å². The van der Waals surface area contributed by atoms with Gasteiger partial charge in [0.05, 0.1) is 5.56 Å². The van der Waals surface area contributed by atoms with Crippen LogP contribution in [0.1, 0.15) is 16.1 Å². The topological polar surface area (TPSA) is 75.6 Å². The van der Waals surface area contributed by atoms with Crippen molar-refractivity contribution in [3.05, 3.63) is 33.5 Å². The fraction of sp³-hybridized carbons (Fsp3) is 0.364. The summed E-state index contributed by atoms with van der Waals surface area (Å²) < 4.78 is 43.5. The quantitative estimate of drug-likeness (QED) is 0.196. The van der Waals surface area contributed by atoms with E-state index in [2.05, 4.69) is 25.7 Å². The van der Waals surface area contributed by atoms with Crippen LogP contribution in [0.25, 0.3) is 5.53 Å². The molecular formula is C11H11BrF3N3O2Si. The number of hydrogen-bond acceptors (Lipinski definition) is 3. The zero-order valence-corrected chi connectivity index (χ0v) is 13.9. The molecule has 0 aliphatic heterocycles. The van der Waals surface area contributed by atoms with Crippen molar-refractivity contribution in [2.75, 3.05) is 0 Å². The van der Waals surface area contributed by atoms with Crippen LogP contribution >= 0.6 is 15.9 Å². The molecule has 0 fully saturated rings.